The summed E-state index contributed by atoms with van der Waals surface area (Å²) >= 11 is 0. The molecule has 0 fully saturated rings. The number of aromatic nitrogens is 2. The lowest BCUT2D eigenvalue weighted by molar-refractivity contribution is 0.0955. The Morgan fingerprint density at radius 2 is 1.97 bits per heavy atom. The second kappa shape index (κ2) is 8.39. The van der Waals surface area contributed by atoms with Crippen LogP contribution in [0, 0.1) is 0 Å². The van der Waals surface area contributed by atoms with E-state index in [1.807, 2.05) is 48.5 Å². The van der Waals surface area contributed by atoms with E-state index < -0.39 is 0 Å². The number of hydrogen-bond acceptors (Lipinski definition) is 4. The summed E-state index contributed by atoms with van der Waals surface area (Å²) in [6.45, 7) is 0. The van der Waals surface area contributed by atoms with Crippen LogP contribution < -0.4 is 10.2 Å². The first kappa shape index (κ1) is 18.4. The lowest BCUT2D eigenvalue weighted by Crippen LogP contribution is -2.17. The molecule has 0 aliphatic carbocycles. The van der Waals surface area contributed by atoms with Crippen molar-refractivity contribution in [1.29, 1.82) is 0 Å². The van der Waals surface area contributed by atoms with E-state index in [1.54, 1.807) is 25.5 Å². The molecular formula is C23H20N4O2. The van der Waals surface area contributed by atoms with Crippen LogP contribution in [-0.4, -0.2) is 29.2 Å². The van der Waals surface area contributed by atoms with Crippen molar-refractivity contribution in [3.05, 3.63) is 95.3 Å². The van der Waals surface area contributed by atoms with Crippen LogP contribution >= 0.6 is 0 Å². The third kappa shape index (κ3) is 4.50. The van der Waals surface area contributed by atoms with E-state index in [0.29, 0.717) is 12.0 Å². The number of aromatic amines is 1. The number of fused-ring (bicyclic) bond motifs is 1. The summed E-state index contributed by atoms with van der Waals surface area (Å²) in [7, 11) is 1.61. The minimum Gasteiger partial charge on any atom is -0.497 e. The Hall–Kier alpha value is -3.93. The fourth-order valence-corrected chi connectivity index (χ4v) is 3.03. The molecule has 0 unspecified atom stereocenters. The molecule has 6 nitrogen and oxygen atoms in total. The first-order valence-electron chi connectivity index (χ1n) is 9.21. The highest BCUT2D eigenvalue weighted by Crippen LogP contribution is 2.16. The molecule has 144 valence electrons. The number of benzene rings is 3. The molecule has 3 aromatic carbocycles. The van der Waals surface area contributed by atoms with E-state index in [0.717, 1.165) is 28.2 Å². The standard InChI is InChI=1S/C23H20N4O2/c1-29-19-9-5-8-17(12-19)15-24-27-23(28)18-10-11-20-21(14-18)26-22(25-20)13-16-6-3-2-4-7-16/h2-12,14-15H,13H2,1H3,(H,25,26)(H,27,28)/b24-15-. The minimum absolute atomic E-state index is 0.287. The van der Waals surface area contributed by atoms with Gasteiger partial charge in [-0.2, -0.15) is 5.10 Å². The number of amides is 1. The maximum Gasteiger partial charge on any atom is 0.271 e. The summed E-state index contributed by atoms with van der Waals surface area (Å²) in [5.74, 6) is 1.31. The molecule has 4 rings (SSSR count). The smallest absolute Gasteiger partial charge is 0.271 e. The van der Waals surface area contributed by atoms with Gasteiger partial charge in [0, 0.05) is 12.0 Å². The topological polar surface area (TPSA) is 79.4 Å². The van der Waals surface area contributed by atoms with E-state index in [-0.39, 0.29) is 5.91 Å². The molecular weight excluding hydrogens is 364 g/mol. The molecule has 0 saturated heterocycles. The molecule has 0 aliphatic heterocycles. The zero-order chi connectivity index (χ0) is 20.1. The van der Waals surface area contributed by atoms with Crippen LogP contribution in [0.25, 0.3) is 11.0 Å². The maximum absolute atomic E-state index is 12.4. The largest absolute Gasteiger partial charge is 0.497 e. The van der Waals surface area contributed by atoms with Gasteiger partial charge in [-0.15, -0.1) is 0 Å². The Morgan fingerprint density at radius 1 is 1.10 bits per heavy atom. The summed E-state index contributed by atoms with van der Waals surface area (Å²) in [5.41, 5.74) is 6.72. The van der Waals surface area contributed by atoms with Crippen LogP contribution in [0.4, 0.5) is 0 Å². The number of carbonyl (C=O) groups is 1. The van der Waals surface area contributed by atoms with Gasteiger partial charge in [-0.1, -0.05) is 42.5 Å². The number of H-pyrrole nitrogens is 1. The summed E-state index contributed by atoms with van der Waals surface area (Å²) < 4.78 is 5.17. The fourth-order valence-electron chi connectivity index (χ4n) is 3.03. The van der Waals surface area contributed by atoms with Gasteiger partial charge in [0.15, 0.2) is 0 Å². The molecule has 0 bridgehead atoms. The Morgan fingerprint density at radius 3 is 2.79 bits per heavy atom. The predicted octanol–water partition coefficient (Wildman–Crippen LogP) is 3.93. The number of nitrogens with zero attached hydrogens (tertiary/aromatic N) is 2. The molecule has 0 aliphatic rings. The zero-order valence-corrected chi connectivity index (χ0v) is 15.9. The number of hydrogen-bond donors (Lipinski definition) is 2. The molecule has 2 N–H and O–H groups in total. The van der Waals surface area contributed by atoms with Crippen LogP contribution in [0.2, 0.25) is 0 Å². The Labute approximate surface area is 168 Å². The number of imidazole rings is 1. The summed E-state index contributed by atoms with van der Waals surface area (Å²) in [5, 5.41) is 4.03. The lowest BCUT2D eigenvalue weighted by Gasteiger charge is -2.01. The fraction of sp³-hybridized carbons (Fsp3) is 0.0870. The molecule has 4 aromatic rings. The van der Waals surface area contributed by atoms with Gasteiger partial charge in [0.05, 0.1) is 24.4 Å². The highest BCUT2D eigenvalue weighted by atomic mass is 16.5. The van der Waals surface area contributed by atoms with Crippen LogP contribution in [0.5, 0.6) is 5.75 Å². The van der Waals surface area contributed by atoms with Crippen molar-refractivity contribution in [1.82, 2.24) is 15.4 Å². The van der Waals surface area contributed by atoms with E-state index in [1.165, 1.54) is 5.56 Å². The normalized spacial score (nSPS) is 11.1. The van der Waals surface area contributed by atoms with E-state index >= 15 is 0 Å². The third-order valence-corrected chi connectivity index (χ3v) is 4.48. The third-order valence-electron chi connectivity index (χ3n) is 4.48. The summed E-state index contributed by atoms with van der Waals surface area (Å²) in [4.78, 5) is 20.3. The maximum atomic E-state index is 12.4. The average Bonchev–Trinajstić information content (AvgIpc) is 3.16. The lowest BCUT2D eigenvalue weighted by atomic mass is 10.1. The Balaban J connectivity index is 1.45. The quantitative estimate of drug-likeness (QED) is 0.391. The average molecular weight is 384 g/mol. The molecule has 29 heavy (non-hydrogen) atoms. The van der Waals surface area contributed by atoms with Gasteiger partial charge in [0.25, 0.3) is 5.91 Å². The molecule has 0 radical (unpaired) electrons. The van der Waals surface area contributed by atoms with Gasteiger partial charge >= 0.3 is 0 Å². The van der Waals surface area contributed by atoms with Crippen molar-refractivity contribution in [2.45, 2.75) is 6.42 Å². The van der Waals surface area contributed by atoms with Crippen molar-refractivity contribution < 1.29 is 9.53 Å². The van der Waals surface area contributed by atoms with Crippen molar-refractivity contribution in [2.24, 2.45) is 5.10 Å². The van der Waals surface area contributed by atoms with Crippen molar-refractivity contribution in [2.75, 3.05) is 7.11 Å². The first-order chi connectivity index (χ1) is 14.2. The van der Waals surface area contributed by atoms with Crippen LogP contribution in [0.3, 0.4) is 0 Å². The molecule has 0 atom stereocenters. The van der Waals surface area contributed by atoms with E-state index in [9.17, 15) is 4.79 Å². The number of ether oxygens (including phenoxy) is 1. The van der Waals surface area contributed by atoms with Gasteiger partial charge in [-0.25, -0.2) is 10.4 Å². The minimum atomic E-state index is -0.287. The highest BCUT2D eigenvalue weighted by molar-refractivity contribution is 5.97. The van der Waals surface area contributed by atoms with Gasteiger partial charge in [-0.05, 0) is 41.5 Å². The van der Waals surface area contributed by atoms with E-state index in [2.05, 4.69) is 32.6 Å². The predicted molar refractivity (Wildman–Crippen MR) is 113 cm³/mol. The SMILES string of the molecule is COc1cccc(/C=N\NC(=O)c2ccc3nc(Cc4ccccc4)[nH]c3c2)c1. The van der Waals surface area contributed by atoms with Gasteiger partial charge in [-0.3, -0.25) is 4.79 Å². The molecule has 1 amide bonds. The molecule has 1 aromatic heterocycles. The van der Waals surface area contributed by atoms with E-state index in [4.69, 9.17) is 4.74 Å². The second-order valence-electron chi connectivity index (χ2n) is 6.55. The van der Waals surface area contributed by atoms with Gasteiger partial charge in [0.2, 0.25) is 0 Å². The monoisotopic (exact) mass is 384 g/mol. The Bertz CT molecular complexity index is 1170. The second-order valence-corrected chi connectivity index (χ2v) is 6.55. The van der Waals surface area contributed by atoms with Gasteiger partial charge < -0.3 is 9.72 Å². The number of nitrogens with one attached hydrogen (secondary N) is 2. The molecule has 6 heteroatoms. The number of rotatable bonds is 6. The van der Waals surface area contributed by atoms with Crippen molar-refractivity contribution >= 4 is 23.2 Å². The number of methoxy groups -OCH3 is 1. The molecule has 0 saturated carbocycles. The highest BCUT2D eigenvalue weighted by Gasteiger charge is 2.09. The zero-order valence-electron chi connectivity index (χ0n) is 15.9. The van der Waals surface area contributed by atoms with Crippen LogP contribution in [0.15, 0.2) is 77.9 Å². The van der Waals surface area contributed by atoms with Crippen molar-refractivity contribution in [3.63, 3.8) is 0 Å². The summed E-state index contributed by atoms with van der Waals surface area (Å²) in [6, 6.07) is 22.9. The van der Waals surface area contributed by atoms with Gasteiger partial charge in [0.1, 0.15) is 11.6 Å². The molecule has 0 spiro atoms. The summed E-state index contributed by atoms with van der Waals surface area (Å²) in [6.07, 6.45) is 2.29. The molecule has 1 heterocycles. The van der Waals surface area contributed by atoms with Crippen LogP contribution in [-0.2, 0) is 6.42 Å². The first-order valence-corrected chi connectivity index (χ1v) is 9.21. The number of carbonyl (C=O) groups excluding carboxylic acids is 1. The van der Waals surface area contributed by atoms with Crippen LogP contribution in [0.1, 0.15) is 27.3 Å². The number of hydrazone groups is 1. The Kier molecular flexibility index (Phi) is 5.33. The van der Waals surface area contributed by atoms with Crippen molar-refractivity contribution in [3.8, 4) is 5.75 Å².